The smallest absolute Gasteiger partial charge is 0.227 e. The van der Waals surface area contributed by atoms with Crippen LogP contribution in [0, 0.1) is 0 Å². The summed E-state index contributed by atoms with van der Waals surface area (Å²) in [7, 11) is 0. The van der Waals surface area contributed by atoms with E-state index in [1.54, 1.807) is 25.1 Å². The van der Waals surface area contributed by atoms with Crippen molar-refractivity contribution < 1.29 is 14.7 Å². The molecule has 0 unspecified atom stereocenters. The molecule has 2 rings (SSSR count). The lowest BCUT2D eigenvalue weighted by atomic mass is 10.1. The maximum Gasteiger partial charge on any atom is 0.227 e. The molecule has 0 heterocycles. The van der Waals surface area contributed by atoms with E-state index in [-0.39, 0.29) is 12.3 Å². The zero-order chi connectivity index (χ0) is 15.8. The summed E-state index contributed by atoms with van der Waals surface area (Å²) in [5.41, 5.74) is 1.90. The molecule has 5 heteroatoms. The van der Waals surface area contributed by atoms with Crippen molar-refractivity contribution in [2.24, 2.45) is 5.16 Å². The number of hydrogen-bond donors (Lipinski definition) is 2. The summed E-state index contributed by atoms with van der Waals surface area (Å²) in [6, 6.07) is 16.5. The highest BCUT2D eigenvalue weighted by Gasteiger charge is 2.05. The molecule has 0 aliphatic heterocycles. The number of benzene rings is 2. The first-order valence-electron chi connectivity index (χ1n) is 6.96. The van der Waals surface area contributed by atoms with Crippen molar-refractivity contribution in [1.29, 1.82) is 0 Å². The van der Waals surface area contributed by atoms with Crippen molar-refractivity contribution in [3.05, 3.63) is 60.2 Å². The van der Waals surface area contributed by atoms with E-state index in [0.717, 1.165) is 11.3 Å². The van der Waals surface area contributed by atoms with Crippen molar-refractivity contribution in [1.82, 2.24) is 0 Å². The van der Waals surface area contributed by atoms with Gasteiger partial charge in [-0.1, -0.05) is 35.5 Å². The minimum atomic E-state index is -0.133. The predicted octanol–water partition coefficient (Wildman–Crippen LogP) is 3.29. The van der Waals surface area contributed by atoms with Crippen LogP contribution in [0.5, 0.6) is 5.75 Å². The Morgan fingerprint density at radius 1 is 1.18 bits per heavy atom. The van der Waals surface area contributed by atoms with E-state index in [0.29, 0.717) is 18.0 Å². The number of ether oxygens (including phenoxy) is 1. The molecule has 0 spiro atoms. The number of carbonyl (C=O) groups excluding carboxylic acids is 1. The molecule has 0 aromatic heterocycles. The van der Waals surface area contributed by atoms with Gasteiger partial charge < -0.3 is 15.3 Å². The van der Waals surface area contributed by atoms with Crippen LogP contribution in [0.1, 0.15) is 18.9 Å². The molecule has 0 saturated carbocycles. The van der Waals surface area contributed by atoms with E-state index in [2.05, 4.69) is 10.5 Å². The largest absolute Gasteiger partial charge is 0.493 e. The van der Waals surface area contributed by atoms with Gasteiger partial charge in [0.15, 0.2) is 0 Å². The van der Waals surface area contributed by atoms with Gasteiger partial charge in [-0.3, -0.25) is 4.79 Å². The van der Waals surface area contributed by atoms with Crippen molar-refractivity contribution in [3.63, 3.8) is 0 Å². The number of rotatable bonds is 6. The van der Waals surface area contributed by atoms with E-state index >= 15 is 0 Å². The lowest BCUT2D eigenvalue weighted by Crippen LogP contribution is -2.15. The molecule has 114 valence electrons. The van der Waals surface area contributed by atoms with Gasteiger partial charge in [-0.25, -0.2) is 0 Å². The summed E-state index contributed by atoms with van der Waals surface area (Å²) >= 11 is 0. The quantitative estimate of drug-likeness (QED) is 0.488. The molecule has 0 fully saturated rings. The van der Waals surface area contributed by atoms with Crippen molar-refractivity contribution >= 4 is 17.3 Å². The molecule has 0 radical (unpaired) electrons. The monoisotopic (exact) mass is 298 g/mol. The molecule has 2 aromatic rings. The molecule has 0 aliphatic carbocycles. The molecule has 1 amide bonds. The Labute approximate surface area is 129 Å². The van der Waals surface area contributed by atoms with E-state index in [9.17, 15) is 4.79 Å². The van der Waals surface area contributed by atoms with Crippen LogP contribution < -0.4 is 10.1 Å². The average molecular weight is 298 g/mol. The summed E-state index contributed by atoms with van der Waals surface area (Å²) in [5, 5.41) is 14.7. The van der Waals surface area contributed by atoms with Crippen LogP contribution in [-0.2, 0) is 4.79 Å². The second-order valence-corrected chi connectivity index (χ2v) is 4.73. The Balaban J connectivity index is 1.84. The van der Waals surface area contributed by atoms with E-state index < -0.39 is 0 Å². The highest BCUT2D eigenvalue weighted by molar-refractivity contribution is 6.00. The fourth-order valence-corrected chi connectivity index (χ4v) is 1.88. The summed E-state index contributed by atoms with van der Waals surface area (Å²) in [6.07, 6.45) is 0.256. The number of carbonyl (C=O) groups is 1. The Hall–Kier alpha value is -2.82. The van der Waals surface area contributed by atoms with Gasteiger partial charge in [0.05, 0.1) is 18.7 Å². The molecule has 22 heavy (non-hydrogen) atoms. The van der Waals surface area contributed by atoms with Crippen molar-refractivity contribution in [2.75, 3.05) is 11.9 Å². The van der Waals surface area contributed by atoms with Crippen LogP contribution in [-0.4, -0.2) is 23.4 Å². The van der Waals surface area contributed by atoms with Gasteiger partial charge in [-0.2, -0.15) is 0 Å². The van der Waals surface area contributed by atoms with Gasteiger partial charge in [0.2, 0.25) is 5.91 Å². The zero-order valence-electron chi connectivity index (χ0n) is 12.3. The minimum absolute atomic E-state index is 0.133. The Morgan fingerprint density at radius 2 is 1.95 bits per heavy atom. The highest BCUT2D eigenvalue weighted by Crippen LogP contribution is 2.12. The number of anilines is 1. The SMILES string of the molecule is C/C(=N\O)c1cccc(NC(=O)CCOc2ccccc2)c1. The molecule has 0 saturated heterocycles. The Bertz CT molecular complexity index is 654. The second-order valence-electron chi connectivity index (χ2n) is 4.73. The molecule has 2 aromatic carbocycles. The fraction of sp³-hybridized carbons (Fsp3) is 0.176. The number of hydrogen-bond acceptors (Lipinski definition) is 4. The lowest BCUT2D eigenvalue weighted by Gasteiger charge is -2.08. The van der Waals surface area contributed by atoms with Crippen LogP contribution in [0.2, 0.25) is 0 Å². The number of nitrogens with zero attached hydrogens (tertiary/aromatic N) is 1. The van der Waals surface area contributed by atoms with Crippen LogP contribution in [0.25, 0.3) is 0 Å². The molecule has 2 N–H and O–H groups in total. The highest BCUT2D eigenvalue weighted by atomic mass is 16.5. The summed E-state index contributed by atoms with van der Waals surface area (Å²) in [6.45, 7) is 2.00. The zero-order valence-corrected chi connectivity index (χ0v) is 12.3. The summed E-state index contributed by atoms with van der Waals surface area (Å²) in [5.74, 6) is 0.610. The first-order chi connectivity index (χ1) is 10.7. The lowest BCUT2D eigenvalue weighted by molar-refractivity contribution is -0.116. The molecule has 0 aliphatic rings. The first-order valence-corrected chi connectivity index (χ1v) is 6.96. The Kier molecular flexibility index (Phi) is 5.54. The van der Waals surface area contributed by atoms with Crippen LogP contribution in [0.3, 0.4) is 0 Å². The van der Waals surface area contributed by atoms with Gasteiger partial charge in [0.1, 0.15) is 5.75 Å². The predicted molar refractivity (Wildman–Crippen MR) is 85.6 cm³/mol. The third-order valence-electron chi connectivity index (χ3n) is 3.06. The van der Waals surface area contributed by atoms with Crippen molar-refractivity contribution in [2.45, 2.75) is 13.3 Å². The van der Waals surface area contributed by atoms with Gasteiger partial charge in [-0.15, -0.1) is 0 Å². The van der Waals surface area contributed by atoms with Crippen molar-refractivity contribution in [3.8, 4) is 5.75 Å². The minimum Gasteiger partial charge on any atom is -0.493 e. The number of nitrogens with one attached hydrogen (secondary N) is 1. The maximum atomic E-state index is 11.9. The summed E-state index contributed by atoms with van der Waals surface area (Å²) < 4.78 is 5.48. The van der Waals surface area contributed by atoms with Crippen LogP contribution in [0.15, 0.2) is 59.8 Å². The maximum absolute atomic E-state index is 11.9. The normalized spacial score (nSPS) is 11.0. The second kappa shape index (κ2) is 7.83. The topological polar surface area (TPSA) is 70.9 Å². The molecular formula is C17H18N2O3. The molecule has 0 atom stereocenters. The van der Waals surface area contributed by atoms with Crippen LogP contribution >= 0.6 is 0 Å². The summed E-state index contributed by atoms with van der Waals surface area (Å²) in [4.78, 5) is 11.9. The molecule has 0 bridgehead atoms. The fourth-order valence-electron chi connectivity index (χ4n) is 1.88. The van der Waals surface area contributed by atoms with Gasteiger partial charge in [-0.05, 0) is 31.2 Å². The van der Waals surface area contributed by atoms with Gasteiger partial charge in [0, 0.05) is 11.3 Å². The Morgan fingerprint density at radius 3 is 2.68 bits per heavy atom. The van der Waals surface area contributed by atoms with E-state index in [1.165, 1.54) is 0 Å². The third kappa shape index (κ3) is 4.63. The molecular weight excluding hydrogens is 280 g/mol. The average Bonchev–Trinajstić information content (AvgIpc) is 2.55. The number of para-hydroxylation sites is 1. The van der Waals surface area contributed by atoms with E-state index in [4.69, 9.17) is 9.94 Å². The van der Waals surface area contributed by atoms with E-state index in [1.807, 2.05) is 36.4 Å². The molecule has 5 nitrogen and oxygen atoms in total. The van der Waals surface area contributed by atoms with Crippen LogP contribution in [0.4, 0.5) is 5.69 Å². The number of amides is 1. The number of oxime groups is 1. The standard InChI is InChI=1S/C17H18N2O3/c1-13(19-21)14-6-5-7-15(12-14)18-17(20)10-11-22-16-8-3-2-4-9-16/h2-9,12,21H,10-11H2,1H3,(H,18,20)/b19-13+. The van der Waals surface area contributed by atoms with Gasteiger partial charge in [0.25, 0.3) is 0 Å². The van der Waals surface area contributed by atoms with Gasteiger partial charge >= 0.3 is 0 Å². The first kappa shape index (κ1) is 15.6. The third-order valence-corrected chi connectivity index (χ3v) is 3.06.